The fourth-order valence-corrected chi connectivity index (χ4v) is 1.40. The van der Waals surface area contributed by atoms with E-state index in [1.165, 1.54) is 12.8 Å². The molecule has 0 spiro atoms. The Morgan fingerprint density at radius 3 is 2.31 bits per heavy atom. The van der Waals surface area contributed by atoms with Crippen molar-refractivity contribution >= 4 is 0 Å². The molecule has 0 bridgehead atoms. The molecule has 0 rings (SSSR count). The van der Waals surface area contributed by atoms with Gasteiger partial charge in [-0.3, -0.25) is 4.90 Å². The SMILES string of the molecule is C=C(C)C(=C)OCCN(CCCC)C(C)C. The molecule has 0 heterocycles. The summed E-state index contributed by atoms with van der Waals surface area (Å²) in [5.41, 5.74) is 0.907. The summed E-state index contributed by atoms with van der Waals surface area (Å²) < 4.78 is 5.53. The molecule has 2 nitrogen and oxygen atoms in total. The Hall–Kier alpha value is -0.760. The molecule has 0 aromatic rings. The molecule has 0 aliphatic heterocycles. The van der Waals surface area contributed by atoms with Crippen molar-refractivity contribution < 1.29 is 4.74 Å². The number of unbranched alkanes of at least 4 members (excludes halogenated alkanes) is 1. The molecule has 0 saturated carbocycles. The van der Waals surface area contributed by atoms with Crippen molar-refractivity contribution in [3.63, 3.8) is 0 Å². The fourth-order valence-electron chi connectivity index (χ4n) is 1.40. The first-order valence-electron chi connectivity index (χ1n) is 6.20. The van der Waals surface area contributed by atoms with Gasteiger partial charge in [-0.15, -0.1) is 0 Å². The Balaban J connectivity index is 3.84. The van der Waals surface area contributed by atoms with Crippen LogP contribution in [0, 0.1) is 0 Å². The summed E-state index contributed by atoms with van der Waals surface area (Å²) in [5.74, 6) is 0.708. The highest BCUT2D eigenvalue weighted by Crippen LogP contribution is 2.06. The molecule has 0 radical (unpaired) electrons. The zero-order valence-electron chi connectivity index (χ0n) is 11.4. The minimum absolute atomic E-state index is 0.577. The summed E-state index contributed by atoms with van der Waals surface area (Å²) in [6, 6.07) is 0.577. The van der Waals surface area contributed by atoms with E-state index in [1.54, 1.807) is 0 Å². The molecule has 94 valence electrons. The maximum absolute atomic E-state index is 5.53. The molecule has 0 aromatic carbocycles. The van der Waals surface area contributed by atoms with Gasteiger partial charge in [0.1, 0.15) is 12.4 Å². The molecule has 0 aromatic heterocycles. The molecule has 16 heavy (non-hydrogen) atoms. The predicted octanol–water partition coefficient (Wildman–Crippen LogP) is 3.60. The van der Waals surface area contributed by atoms with E-state index in [1.807, 2.05) is 6.92 Å². The van der Waals surface area contributed by atoms with Crippen LogP contribution in [0.2, 0.25) is 0 Å². The van der Waals surface area contributed by atoms with Gasteiger partial charge >= 0.3 is 0 Å². The molecule has 0 aliphatic rings. The normalized spacial score (nSPS) is 10.9. The van der Waals surface area contributed by atoms with Crippen LogP contribution in [-0.4, -0.2) is 30.6 Å². The van der Waals surface area contributed by atoms with Crippen molar-refractivity contribution in [2.24, 2.45) is 0 Å². The highest BCUT2D eigenvalue weighted by molar-refractivity contribution is 5.15. The molecular formula is C14H27NO. The molecular weight excluding hydrogens is 198 g/mol. The minimum Gasteiger partial charge on any atom is -0.493 e. The molecule has 0 fully saturated rings. The fraction of sp³-hybridized carbons (Fsp3) is 0.714. The van der Waals surface area contributed by atoms with Gasteiger partial charge in [0.05, 0.1) is 0 Å². The van der Waals surface area contributed by atoms with Crippen molar-refractivity contribution in [2.45, 2.75) is 46.6 Å². The van der Waals surface area contributed by atoms with Crippen LogP contribution in [0.4, 0.5) is 0 Å². The number of rotatable bonds is 9. The van der Waals surface area contributed by atoms with Crippen LogP contribution in [-0.2, 0) is 4.74 Å². The first-order valence-corrected chi connectivity index (χ1v) is 6.20. The van der Waals surface area contributed by atoms with E-state index >= 15 is 0 Å². The maximum Gasteiger partial charge on any atom is 0.114 e. The van der Waals surface area contributed by atoms with E-state index in [4.69, 9.17) is 4.74 Å². The summed E-state index contributed by atoms with van der Waals surface area (Å²) in [6.07, 6.45) is 2.49. The predicted molar refractivity (Wildman–Crippen MR) is 71.5 cm³/mol. The second kappa shape index (κ2) is 8.40. The minimum atomic E-state index is 0.577. The van der Waals surface area contributed by atoms with Gasteiger partial charge in [0.25, 0.3) is 0 Å². The Bertz CT molecular complexity index is 221. The maximum atomic E-state index is 5.53. The lowest BCUT2D eigenvalue weighted by atomic mass is 10.2. The molecule has 2 heteroatoms. The third kappa shape index (κ3) is 6.67. The molecule has 0 amide bonds. The van der Waals surface area contributed by atoms with E-state index in [-0.39, 0.29) is 0 Å². The van der Waals surface area contributed by atoms with Gasteiger partial charge in [-0.1, -0.05) is 26.5 Å². The topological polar surface area (TPSA) is 12.5 Å². The van der Waals surface area contributed by atoms with E-state index < -0.39 is 0 Å². The van der Waals surface area contributed by atoms with Crippen molar-refractivity contribution in [3.05, 3.63) is 24.5 Å². The summed E-state index contributed by atoms with van der Waals surface area (Å²) >= 11 is 0. The molecule has 0 unspecified atom stereocenters. The van der Waals surface area contributed by atoms with Crippen LogP contribution in [0.25, 0.3) is 0 Å². The third-order valence-corrected chi connectivity index (χ3v) is 2.66. The van der Waals surface area contributed by atoms with Crippen molar-refractivity contribution in [1.29, 1.82) is 0 Å². The lowest BCUT2D eigenvalue weighted by Crippen LogP contribution is -2.34. The Kier molecular flexibility index (Phi) is 8.00. The number of allylic oxidation sites excluding steroid dienone is 1. The van der Waals surface area contributed by atoms with E-state index in [2.05, 4.69) is 38.8 Å². The summed E-state index contributed by atoms with van der Waals surface area (Å²) in [4.78, 5) is 2.44. The van der Waals surface area contributed by atoms with Gasteiger partial charge in [0, 0.05) is 12.6 Å². The van der Waals surface area contributed by atoms with Crippen LogP contribution < -0.4 is 0 Å². The monoisotopic (exact) mass is 225 g/mol. The first-order chi connectivity index (χ1) is 7.49. The van der Waals surface area contributed by atoms with Gasteiger partial charge in [-0.05, 0) is 39.3 Å². The number of hydrogen-bond donors (Lipinski definition) is 0. The average Bonchev–Trinajstić information content (AvgIpc) is 2.21. The molecule has 0 atom stereocenters. The largest absolute Gasteiger partial charge is 0.493 e. The number of ether oxygens (including phenoxy) is 1. The lowest BCUT2D eigenvalue weighted by Gasteiger charge is -2.26. The zero-order chi connectivity index (χ0) is 12.6. The molecule has 0 N–H and O–H groups in total. The van der Waals surface area contributed by atoms with Crippen LogP contribution in [0.1, 0.15) is 40.5 Å². The van der Waals surface area contributed by atoms with Crippen LogP contribution in [0.15, 0.2) is 24.5 Å². The van der Waals surface area contributed by atoms with Crippen molar-refractivity contribution in [2.75, 3.05) is 19.7 Å². The van der Waals surface area contributed by atoms with E-state index in [9.17, 15) is 0 Å². The van der Waals surface area contributed by atoms with Gasteiger partial charge in [0.15, 0.2) is 0 Å². The molecule has 0 aliphatic carbocycles. The number of nitrogens with zero attached hydrogens (tertiary/aromatic N) is 1. The Morgan fingerprint density at radius 2 is 1.88 bits per heavy atom. The summed E-state index contributed by atoms with van der Waals surface area (Å²) in [6.45, 7) is 19.0. The zero-order valence-corrected chi connectivity index (χ0v) is 11.4. The number of hydrogen-bond acceptors (Lipinski definition) is 2. The lowest BCUT2D eigenvalue weighted by molar-refractivity contribution is 0.140. The van der Waals surface area contributed by atoms with Crippen molar-refractivity contribution in [1.82, 2.24) is 4.90 Å². The first kappa shape index (κ1) is 15.2. The Labute approximate surface area is 101 Å². The van der Waals surface area contributed by atoms with Gasteiger partial charge in [-0.25, -0.2) is 0 Å². The van der Waals surface area contributed by atoms with Gasteiger partial charge in [-0.2, -0.15) is 0 Å². The van der Waals surface area contributed by atoms with Crippen LogP contribution in [0.3, 0.4) is 0 Å². The van der Waals surface area contributed by atoms with Crippen LogP contribution >= 0.6 is 0 Å². The average molecular weight is 225 g/mol. The van der Waals surface area contributed by atoms with Gasteiger partial charge < -0.3 is 4.74 Å². The van der Waals surface area contributed by atoms with Gasteiger partial charge in [0.2, 0.25) is 0 Å². The highest BCUT2D eigenvalue weighted by atomic mass is 16.5. The quantitative estimate of drug-likeness (QED) is 0.439. The second-order valence-corrected chi connectivity index (χ2v) is 4.54. The van der Waals surface area contributed by atoms with E-state index in [0.29, 0.717) is 18.4 Å². The summed E-state index contributed by atoms with van der Waals surface area (Å²) in [5, 5.41) is 0. The Morgan fingerprint density at radius 1 is 1.25 bits per heavy atom. The smallest absolute Gasteiger partial charge is 0.114 e. The standard InChI is InChI=1S/C14H27NO/c1-7-8-9-15(13(4)5)10-11-16-14(6)12(2)3/h13H,2,6-11H2,1,3-5H3. The third-order valence-electron chi connectivity index (χ3n) is 2.66. The van der Waals surface area contributed by atoms with E-state index in [0.717, 1.165) is 18.7 Å². The second-order valence-electron chi connectivity index (χ2n) is 4.54. The highest BCUT2D eigenvalue weighted by Gasteiger charge is 2.08. The van der Waals surface area contributed by atoms with Crippen LogP contribution in [0.5, 0.6) is 0 Å². The summed E-state index contributed by atoms with van der Waals surface area (Å²) in [7, 11) is 0. The molecule has 0 saturated heterocycles. The van der Waals surface area contributed by atoms with Crippen molar-refractivity contribution in [3.8, 4) is 0 Å².